The topological polar surface area (TPSA) is 38.1 Å². The van der Waals surface area contributed by atoms with Crippen molar-refractivity contribution < 1.29 is 4.42 Å². The van der Waals surface area contributed by atoms with Crippen molar-refractivity contribution in [2.75, 3.05) is 6.54 Å². The van der Waals surface area contributed by atoms with Gasteiger partial charge in [-0.1, -0.05) is 13.8 Å². The summed E-state index contributed by atoms with van der Waals surface area (Å²) in [6, 6.07) is 2.39. The lowest BCUT2D eigenvalue weighted by molar-refractivity contribution is 0.480. The second-order valence-corrected chi connectivity index (χ2v) is 5.78. The molecule has 0 amide bonds. The predicted octanol–water partition coefficient (Wildman–Crippen LogP) is 3.89. The minimum atomic E-state index is 0.301. The monoisotopic (exact) mass is 278 g/mol. The maximum Gasteiger partial charge on any atom is 0.108 e. The van der Waals surface area contributed by atoms with Crippen LogP contribution in [0.4, 0.5) is 0 Å². The fourth-order valence-corrected chi connectivity index (χ4v) is 2.90. The zero-order chi connectivity index (χ0) is 13.7. The summed E-state index contributed by atoms with van der Waals surface area (Å²) >= 11 is 1.72. The van der Waals surface area contributed by atoms with E-state index in [2.05, 4.69) is 42.5 Å². The van der Waals surface area contributed by atoms with E-state index >= 15 is 0 Å². The second-order valence-electron chi connectivity index (χ2n) is 4.72. The number of nitrogens with zero attached hydrogens (tertiary/aromatic N) is 1. The van der Waals surface area contributed by atoms with Crippen LogP contribution in [0, 0.1) is 6.92 Å². The highest BCUT2D eigenvalue weighted by molar-refractivity contribution is 7.09. The summed E-state index contributed by atoms with van der Waals surface area (Å²) in [5, 5.41) is 6.89. The van der Waals surface area contributed by atoms with Crippen LogP contribution in [0.1, 0.15) is 48.3 Å². The summed E-state index contributed by atoms with van der Waals surface area (Å²) in [5.74, 6) is 1.08. The number of rotatable bonds is 7. The summed E-state index contributed by atoms with van der Waals surface area (Å²) in [6.07, 6.45) is 4.78. The standard InChI is InChI=1S/C15H22N2OS/c1-4-7-16-14(9-12-10-19-11(3)17-12)13-6-8-18-15(13)5-2/h6,8,10,14,16H,4-5,7,9H2,1-3H3. The number of nitrogens with one attached hydrogen (secondary N) is 1. The van der Waals surface area contributed by atoms with Crippen molar-refractivity contribution in [2.24, 2.45) is 0 Å². The Morgan fingerprint density at radius 1 is 1.42 bits per heavy atom. The number of furan rings is 1. The maximum atomic E-state index is 5.56. The van der Waals surface area contributed by atoms with Gasteiger partial charge in [0.15, 0.2) is 0 Å². The van der Waals surface area contributed by atoms with E-state index in [-0.39, 0.29) is 0 Å². The number of hydrogen-bond donors (Lipinski definition) is 1. The molecule has 2 aromatic rings. The third kappa shape index (κ3) is 3.67. The number of thiazole rings is 1. The van der Waals surface area contributed by atoms with Gasteiger partial charge in [0, 0.05) is 29.8 Å². The van der Waals surface area contributed by atoms with Gasteiger partial charge in [0.25, 0.3) is 0 Å². The van der Waals surface area contributed by atoms with E-state index in [0.717, 1.165) is 36.6 Å². The molecule has 0 spiro atoms. The smallest absolute Gasteiger partial charge is 0.108 e. The van der Waals surface area contributed by atoms with Crippen LogP contribution in [-0.2, 0) is 12.8 Å². The zero-order valence-electron chi connectivity index (χ0n) is 11.9. The lowest BCUT2D eigenvalue weighted by Crippen LogP contribution is -2.24. The summed E-state index contributed by atoms with van der Waals surface area (Å²) in [5.41, 5.74) is 2.45. The molecule has 1 N–H and O–H groups in total. The van der Waals surface area contributed by atoms with Crippen molar-refractivity contribution in [1.82, 2.24) is 10.3 Å². The molecular formula is C15H22N2OS. The van der Waals surface area contributed by atoms with E-state index in [1.165, 1.54) is 11.3 Å². The molecule has 0 bridgehead atoms. The van der Waals surface area contributed by atoms with Crippen LogP contribution in [0.3, 0.4) is 0 Å². The van der Waals surface area contributed by atoms with Gasteiger partial charge in [-0.15, -0.1) is 11.3 Å². The average Bonchev–Trinajstić information content (AvgIpc) is 3.03. The first-order valence-electron chi connectivity index (χ1n) is 6.95. The van der Waals surface area contributed by atoms with Crippen LogP contribution in [0.25, 0.3) is 0 Å². The Balaban J connectivity index is 2.15. The molecule has 2 aromatic heterocycles. The molecule has 0 aromatic carbocycles. The molecule has 0 saturated carbocycles. The molecular weight excluding hydrogens is 256 g/mol. The van der Waals surface area contributed by atoms with Crippen molar-refractivity contribution in [3.63, 3.8) is 0 Å². The third-order valence-electron chi connectivity index (χ3n) is 3.20. The SMILES string of the molecule is CCCNC(Cc1csc(C)n1)c1ccoc1CC. The highest BCUT2D eigenvalue weighted by Gasteiger charge is 2.18. The molecule has 0 aliphatic carbocycles. The van der Waals surface area contributed by atoms with Gasteiger partial charge in [-0.3, -0.25) is 0 Å². The lowest BCUT2D eigenvalue weighted by Gasteiger charge is -2.17. The van der Waals surface area contributed by atoms with Crippen LogP contribution in [0.15, 0.2) is 22.1 Å². The van der Waals surface area contributed by atoms with Crippen LogP contribution in [-0.4, -0.2) is 11.5 Å². The number of hydrogen-bond acceptors (Lipinski definition) is 4. The van der Waals surface area contributed by atoms with E-state index in [4.69, 9.17) is 4.42 Å². The van der Waals surface area contributed by atoms with E-state index in [1.807, 2.05) is 0 Å². The number of aromatic nitrogens is 1. The van der Waals surface area contributed by atoms with Gasteiger partial charge >= 0.3 is 0 Å². The molecule has 104 valence electrons. The van der Waals surface area contributed by atoms with Gasteiger partial charge in [0.05, 0.1) is 17.0 Å². The van der Waals surface area contributed by atoms with Gasteiger partial charge in [0.2, 0.25) is 0 Å². The second kappa shape index (κ2) is 6.87. The first-order valence-corrected chi connectivity index (χ1v) is 7.83. The quantitative estimate of drug-likeness (QED) is 0.835. The molecule has 2 rings (SSSR count). The van der Waals surface area contributed by atoms with E-state index in [0.29, 0.717) is 6.04 Å². The Morgan fingerprint density at radius 3 is 2.89 bits per heavy atom. The zero-order valence-corrected chi connectivity index (χ0v) is 12.7. The van der Waals surface area contributed by atoms with Crippen LogP contribution < -0.4 is 5.32 Å². The Bertz CT molecular complexity index is 504. The Labute approximate surface area is 119 Å². The molecule has 0 radical (unpaired) electrons. The highest BCUT2D eigenvalue weighted by Crippen LogP contribution is 2.24. The van der Waals surface area contributed by atoms with Crippen molar-refractivity contribution in [3.05, 3.63) is 39.7 Å². The van der Waals surface area contributed by atoms with E-state index < -0.39 is 0 Å². The summed E-state index contributed by atoms with van der Waals surface area (Å²) in [4.78, 5) is 4.57. The van der Waals surface area contributed by atoms with Crippen LogP contribution in [0.2, 0.25) is 0 Å². The summed E-state index contributed by atoms with van der Waals surface area (Å²) in [7, 11) is 0. The Kier molecular flexibility index (Phi) is 5.16. The van der Waals surface area contributed by atoms with Gasteiger partial charge in [0.1, 0.15) is 5.76 Å². The molecule has 1 unspecified atom stereocenters. The van der Waals surface area contributed by atoms with Crippen LogP contribution in [0.5, 0.6) is 0 Å². The molecule has 3 nitrogen and oxygen atoms in total. The average molecular weight is 278 g/mol. The third-order valence-corrected chi connectivity index (χ3v) is 4.02. The summed E-state index contributed by atoms with van der Waals surface area (Å²) in [6.45, 7) is 7.39. The van der Waals surface area contributed by atoms with Crippen molar-refractivity contribution in [2.45, 2.75) is 46.1 Å². The first kappa shape index (κ1) is 14.3. The summed E-state index contributed by atoms with van der Waals surface area (Å²) < 4.78 is 5.56. The van der Waals surface area contributed by atoms with Crippen molar-refractivity contribution >= 4 is 11.3 Å². The predicted molar refractivity (Wildman–Crippen MR) is 79.7 cm³/mol. The molecule has 19 heavy (non-hydrogen) atoms. The molecule has 2 heterocycles. The number of aryl methyl sites for hydroxylation is 2. The fraction of sp³-hybridized carbons (Fsp3) is 0.533. The maximum absolute atomic E-state index is 5.56. The van der Waals surface area contributed by atoms with Crippen molar-refractivity contribution in [3.8, 4) is 0 Å². The molecule has 0 fully saturated rings. The van der Waals surface area contributed by atoms with Crippen molar-refractivity contribution in [1.29, 1.82) is 0 Å². The first-order chi connectivity index (χ1) is 9.24. The van der Waals surface area contributed by atoms with Gasteiger partial charge in [-0.2, -0.15) is 0 Å². The minimum absolute atomic E-state index is 0.301. The molecule has 0 aliphatic rings. The Hall–Kier alpha value is -1.13. The molecule has 1 atom stereocenters. The highest BCUT2D eigenvalue weighted by atomic mass is 32.1. The minimum Gasteiger partial charge on any atom is -0.469 e. The normalized spacial score (nSPS) is 12.8. The van der Waals surface area contributed by atoms with E-state index in [9.17, 15) is 0 Å². The van der Waals surface area contributed by atoms with Gasteiger partial charge < -0.3 is 9.73 Å². The lowest BCUT2D eigenvalue weighted by atomic mass is 10.0. The Morgan fingerprint density at radius 2 is 2.26 bits per heavy atom. The fourth-order valence-electron chi connectivity index (χ4n) is 2.27. The van der Waals surface area contributed by atoms with E-state index in [1.54, 1.807) is 17.6 Å². The van der Waals surface area contributed by atoms with Crippen LogP contribution >= 0.6 is 11.3 Å². The molecule has 0 saturated heterocycles. The molecule has 4 heteroatoms. The molecule has 0 aliphatic heterocycles. The van der Waals surface area contributed by atoms with Gasteiger partial charge in [-0.25, -0.2) is 4.98 Å². The largest absolute Gasteiger partial charge is 0.469 e. The van der Waals surface area contributed by atoms with Gasteiger partial charge in [-0.05, 0) is 26.0 Å².